The fourth-order valence-corrected chi connectivity index (χ4v) is 14.0. The number of hydrogen-bond acceptors (Lipinski definition) is 17. The first-order valence-electron chi connectivity index (χ1n) is 23.4. The van der Waals surface area contributed by atoms with Crippen LogP contribution in [0.15, 0.2) is 11.6 Å². The molecule has 4 aliphatic carbocycles. The van der Waals surface area contributed by atoms with Crippen LogP contribution < -0.4 is 0 Å². The lowest BCUT2D eigenvalue weighted by Crippen LogP contribution is -2.67. The van der Waals surface area contributed by atoms with E-state index >= 15 is 0 Å². The molecule has 8 fully saturated rings. The number of allylic oxidation sites excluding steroid dienone is 1. The van der Waals surface area contributed by atoms with E-state index in [1.807, 2.05) is 0 Å². The van der Waals surface area contributed by atoms with Crippen LogP contribution in [0.1, 0.15) is 92.4 Å². The van der Waals surface area contributed by atoms with E-state index in [9.17, 15) is 46.0 Å². The molecule has 0 bridgehead atoms. The minimum absolute atomic E-state index is 0.0484. The highest BCUT2D eigenvalue weighted by molar-refractivity contribution is 5.26. The average Bonchev–Trinajstić information content (AvgIpc) is 3.70. The molecule has 9 N–H and O–H groups in total. The summed E-state index contributed by atoms with van der Waals surface area (Å²) in [4.78, 5) is 0. The number of fused-ring (bicyclic) bond motifs is 7. The number of aliphatic hydroxyl groups is 9. The fourth-order valence-electron chi connectivity index (χ4n) is 14.0. The van der Waals surface area contributed by atoms with Crippen LogP contribution >= 0.6 is 0 Å². The number of hydrogen-bond donors (Lipinski definition) is 9. The van der Waals surface area contributed by atoms with E-state index < -0.39 is 117 Å². The molecule has 17 heteroatoms. The summed E-state index contributed by atoms with van der Waals surface area (Å²) in [5.74, 6) is 2.52. The second-order valence-electron chi connectivity index (χ2n) is 21.1. The maximum Gasteiger partial charge on any atom is 0.187 e. The largest absolute Gasteiger partial charge is 0.394 e. The Morgan fingerprint density at radius 2 is 1.34 bits per heavy atom. The number of rotatable bonds is 8. The summed E-state index contributed by atoms with van der Waals surface area (Å²) in [6.07, 6.45) is -12.4. The third kappa shape index (κ3) is 7.49. The van der Waals surface area contributed by atoms with Gasteiger partial charge >= 0.3 is 0 Å². The van der Waals surface area contributed by atoms with Gasteiger partial charge in [-0.25, -0.2) is 0 Å². The molecule has 0 aromatic rings. The minimum Gasteiger partial charge on any atom is -0.394 e. The molecule has 3 saturated carbocycles. The summed E-state index contributed by atoms with van der Waals surface area (Å²) in [7, 11) is 0. The van der Waals surface area contributed by atoms with Gasteiger partial charge in [-0.2, -0.15) is 0 Å². The first-order valence-corrected chi connectivity index (χ1v) is 23.4. The smallest absolute Gasteiger partial charge is 0.187 e. The van der Waals surface area contributed by atoms with Crippen molar-refractivity contribution in [3.63, 3.8) is 0 Å². The van der Waals surface area contributed by atoms with Crippen LogP contribution in [0.5, 0.6) is 0 Å². The Morgan fingerprint density at radius 1 is 0.677 bits per heavy atom. The third-order valence-electron chi connectivity index (χ3n) is 17.7. The van der Waals surface area contributed by atoms with Gasteiger partial charge in [-0.1, -0.05) is 39.3 Å². The van der Waals surface area contributed by atoms with Crippen molar-refractivity contribution in [2.45, 2.75) is 203 Å². The Kier molecular flexibility index (Phi) is 12.9. The summed E-state index contributed by atoms with van der Waals surface area (Å²) in [5.41, 5.74) is 1.45. The summed E-state index contributed by atoms with van der Waals surface area (Å²) in [5, 5.41) is 95.8. The molecule has 26 atom stereocenters. The van der Waals surface area contributed by atoms with Crippen LogP contribution in [-0.2, 0) is 37.9 Å². The van der Waals surface area contributed by atoms with Gasteiger partial charge in [-0.05, 0) is 98.7 Å². The van der Waals surface area contributed by atoms with E-state index in [1.54, 1.807) is 0 Å². The molecule has 0 radical (unpaired) electrons. The molecule has 354 valence electrons. The van der Waals surface area contributed by atoms with Gasteiger partial charge in [0.25, 0.3) is 0 Å². The van der Waals surface area contributed by atoms with Gasteiger partial charge in [0.15, 0.2) is 24.7 Å². The Labute approximate surface area is 363 Å². The lowest BCUT2D eigenvalue weighted by atomic mass is 9.47. The first-order chi connectivity index (χ1) is 29.4. The van der Waals surface area contributed by atoms with E-state index in [-0.39, 0.29) is 16.9 Å². The zero-order valence-corrected chi connectivity index (χ0v) is 36.6. The molecule has 5 saturated heterocycles. The highest BCUT2D eigenvalue weighted by Crippen LogP contribution is 2.70. The van der Waals surface area contributed by atoms with E-state index in [2.05, 4.69) is 33.8 Å². The number of aliphatic hydroxyl groups excluding tert-OH is 9. The highest BCUT2D eigenvalue weighted by atomic mass is 16.8. The molecule has 1 spiro atoms. The molecule has 9 rings (SSSR count). The maximum atomic E-state index is 11.6. The predicted molar refractivity (Wildman–Crippen MR) is 214 cm³/mol. The summed E-state index contributed by atoms with van der Waals surface area (Å²) < 4.78 is 50.3. The Bertz CT molecular complexity index is 1610. The van der Waals surface area contributed by atoms with Crippen molar-refractivity contribution in [1.82, 2.24) is 0 Å². The van der Waals surface area contributed by atoms with Crippen LogP contribution in [0.4, 0.5) is 0 Å². The zero-order chi connectivity index (χ0) is 44.2. The molecule has 17 nitrogen and oxygen atoms in total. The molecule has 0 aromatic heterocycles. The molecular formula is C45H72O17. The predicted octanol–water partition coefficient (Wildman–Crippen LogP) is 0.214. The molecule has 0 aromatic carbocycles. The number of ether oxygens (including phenoxy) is 8. The van der Waals surface area contributed by atoms with Crippen molar-refractivity contribution in [1.29, 1.82) is 0 Å². The molecule has 0 amide bonds. The lowest BCUT2D eigenvalue weighted by molar-refractivity contribution is -0.394. The minimum atomic E-state index is -1.84. The van der Waals surface area contributed by atoms with Crippen molar-refractivity contribution in [3.05, 3.63) is 11.6 Å². The van der Waals surface area contributed by atoms with Crippen LogP contribution in [0.3, 0.4) is 0 Å². The average molecular weight is 885 g/mol. The van der Waals surface area contributed by atoms with Crippen molar-refractivity contribution in [3.8, 4) is 0 Å². The van der Waals surface area contributed by atoms with Gasteiger partial charge in [0.05, 0.1) is 38.1 Å². The van der Waals surface area contributed by atoms with Crippen molar-refractivity contribution >= 4 is 0 Å². The van der Waals surface area contributed by atoms with Gasteiger partial charge in [0, 0.05) is 12.3 Å². The molecule has 9 aliphatic rings. The monoisotopic (exact) mass is 884 g/mol. The Hall–Kier alpha value is -0.940. The molecular weight excluding hydrogens is 812 g/mol. The van der Waals surface area contributed by atoms with Gasteiger partial charge < -0.3 is 83.9 Å². The SMILES string of the molecule is C[C@@H]1CC[C@]2(OC1)O[C@@H]1C[C@@H]3[C@H]4CC=C5C[C@@H](O[C@@H]6O[C@H](CO)[C@@H](O)[C@H](O[C@@H]7O[C@H](CO)[C@@H](O)[C@H](O)[C@H]7O)[C@H]6O[C@@H]6O[C@@H](C)[C@H](O)[C@@H](O)[C@H]6O)CC[C@]5(C)[C@@H]4CC[C@]3(C)[C@@H]1[C@@H]2C. The summed E-state index contributed by atoms with van der Waals surface area (Å²) >= 11 is 0. The van der Waals surface area contributed by atoms with Gasteiger partial charge in [0.2, 0.25) is 0 Å². The second-order valence-corrected chi connectivity index (χ2v) is 21.1. The zero-order valence-electron chi connectivity index (χ0n) is 36.6. The fraction of sp³-hybridized carbons (Fsp3) is 0.956. The van der Waals surface area contributed by atoms with Crippen LogP contribution in [0, 0.1) is 46.3 Å². The summed E-state index contributed by atoms with van der Waals surface area (Å²) in [6, 6.07) is 0. The van der Waals surface area contributed by atoms with Crippen molar-refractivity contribution < 1.29 is 83.9 Å². The van der Waals surface area contributed by atoms with Crippen molar-refractivity contribution in [2.75, 3.05) is 19.8 Å². The van der Waals surface area contributed by atoms with E-state index in [4.69, 9.17) is 37.9 Å². The van der Waals surface area contributed by atoms with Crippen molar-refractivity contribution in [2.24, 2.45) is 46.3 Å². The van der Waals surface area contributed by atoms with Gasteiger partial charge in [-0.3, -0.25) is 0 Å². The topological polar surface area (TPSA) is 256 Å². The highest BCUT2D eigenvalue weighted by Gasteiger charge is 2.69. The third-order valence-corrected chi connectivity index (χ3v) is 17.7. The lowest BCUT2D eigenvalue weighted by Gasteiger charge is -2.59. The van der Waals surface area contributed by atoms with E-state index in [0.717, 1.165) is 51.6 Å². The van der Waals surface area contributed by atoms with Crippen LogP contribution in [0.2, 0.25) is 0 Å². The van der Waals surface area contributed by atoms with E-state index in [1.165, 1.54) is 12.5 Å². The first kappa shape index (κ1) is 46.2. The standard InChI is InChI=1S/C45H72O17/c1-19-8-13-45(55-18-19)20(2)30-27(62-45)15-26-24-7-6-22-14-23(9-11-43(22,4)25(24)10-12-44(26,30)5)57-42-39(61-40-36(53)34(51)31(48)21(3)56-40)38(33(50)29(17-47)59-42)60-41-37(54)35(52)32(49)28(16-46)58-41/h6,19-21,23-42,46-54H,7-18H2,1-5H3/t19-,20+,21+,23+,24+,25-,26-,27-,28-,29-,30-,31+,32-,33-,34-,35+,36-,37-,38+,39-,40+,41+,42-,43+,44+,45+/m1/s1. The van der Waals surface area contributed by atoms with Gasteiger partial charge in [-0.15, -0.1) is 0 Å². The van der Waals surface area contributed by atoms with Gasteiger partial charge in [0.1, 0.15) is 67.1 Å². The molecule has 0 unspecified atom stereocenters. The second kappa shape index (κ2) is 17.3. The summed E-state index contributed by atoms with van der Waals surface area (Å²) in [6.45, 7) is 10.4. The molecule has 62 heavy (non-hydrogen) atoms. The quantitative estimate of drug-likeness (QED) is 0.148. The molecule has 5 aliphatic heterocycles. The maximum absolute atomic E-state index is 11.6. The molecule has 5 heterocycles. The normalized spacial score (nSPS) is 57.6. The van der Waals surface area contributed by atoms with E-state index in [0.29, 0.717) is 48.3 Å². The van der Waals surface area contributed by atoms with Crippen LogP contribution in [0.25, 0.3) is 0 Å². The Morgan fingerprint density at radius 3 is 2.03 bits per heavy atom. The Balaban J connectivity index is 0.940. The van der Waals surface area contributed by atoms with Crippen LogP contribution in [-0.4, -0.2) is 176 Å².